The smallest absolute Gasteiger partial charge is 0.394 e. The highest BCUT2D eigenvalue weighted by molar-refractivity contribution is 6.44. The normalized spacial score (nSPS) is 13.6. The topological polar surface area (TPSA) is 316 Å². The largest absolute Gasteiger partial charge is 0.497 e. The molecule has 0 fully saturated rings. The van der Waals surface area contributed by atoms with Crippen LogP contribution in [0.4, 0.5) is 26.3 Å². The Morgan fingerprint density at radius 1 is 0.290 bits per heavy atom. The van der Waals surface area contributed by atoms with Crippen molar-refractivity contribution in [3.05, 3.63) is 403 Å². The summed E-state index contributed by atoms with van der Waals surface area (Å²) in [5, 5.41) is 10.2. The summed E-state index contributed by atoms with van der Waals surface area (Å²) in [6.45, 7) is 3.48. The van der Waals surface area contributed by atoms with Gasteiger partial charge in [0.25, 0.3) is 23.6 Å². The minimum absolute atomic E-state index is 0.0206. The van der Waals surface area contributed by atoms with Gasteiger partial charge in [0, 0.05) is 76.4 Å². The van der Waals surface area contributed by atoms with Crippen molar-refractivity contribution in [3.8, 4) is 23.0 Å². The third-order valence-electron chi connectivity index (χ3n) is 18.9. The fraction of sp³-hybridized carbons (Fsp3) is 0.0833. The maximum absolute atomic E-state index is 13.3. The van der Waals surface area contributed by atoms with Gasteiger partial charge in [-0.25, -0.2) is 0 Å². The van der Waals surface area contributed by atoms with E-state index in [0.717, 1.165) is 0 Å². The van der Waals surface area contributed by atoms with E-state index in [2.05, 4.69) is 35.5 Å². The van der Waals surface area contributed by atoms with Gasteiger partial charge in [0.1, 0.15) is 51.5 Å². The quantitative estimate of drug-likeness (QED) is 0.0547. The van der Waals surface area contributed by atoms with Crippen LogP contribution < -0.4 is 40.2 Å². The Labute approximate surface area is 701 Å². The van der Waals surface area contributed by atoms with Crippen LogP contribution in [0.1, 0.15) is 173 Å². The molecule has 0 atom stereocenters. The van der Waals surface area contributed by atoms with Crippen LogP contribution in [0.3, 0.4) is 0 Å². The number of hydrogen-bond donors (Lipinski definition) is 4. The summed E-state index contributed by atoms with van der Waals surface area (Å²) < 4.78 is 108. The monoisotopic (exact) mass is 1680 g/mol. The van der Waals surface area contributed by atoms with E-state index in [1.807, 2.05) is 0 Å². The fourth-order valence-corrected chi connectivity index (χ4v) is 13.4. The predicted molar refractivity (Wildman–Crippen MR) is 439 cm³/mol. The zero-order valence-corrected chi connectivity index (χ0v) is 65.8. The minimum atomic E-state index is -3.38. The molecule has 0 saturated heterocycles. The maximum atomic E-state index is 13.3. The van der Waals surface area contributed by atoms with Crippen molar-refractivity contribution in [2.75, 3.05) is 7.11 Å². The van der Waals surface area contributed by atoms with Gasteiger partial charge in [0.2, 0.25) is 23.1 Å². The first-order chi connectivity index (χ1) is 59.2. The number of Topliss-reactive ketones (excluding diaryl/α,β-unsaturated/α-hetero) is 8. The zero-order chi connectivity index (χ0) is 88.5. The number of ketones is 8. The average Bonchev–Trinajstić information content (AvgIpc) is 1.24. The van der Waals surface area contributed by atoms with Crippen molar-refractivity contribution in [2.24, 2.45) is 0 Å². The Balaban J connectivity index is 0.000000142. The first-order valence-corrected chi connectivity index (χ1v) is 37.6. The van der Waals surface area contributed by atoms with Gasteiger partial charge in [-0.15, -0.1) is 0 Å². The lowest BCUT2D eigenvalue weighted by Crippen LogP contribution is -2.33. The highest BCUT2D eigenvalue weighted by Crippen LogP contribution is 2.39. The van der Waals surface area contributed by atoms with Crippen molar-refractivity contribution < 1.29 is 112 Å². The van der Waals surface area contributed by atoms with Crippen LogP contribution >= 0.6 is 0 Å². The molecule has 0 bridgehead atoms. The molecule has 28 heteroatoms. The number of allylic oxidation sites excluding steroid dienone is 8. The lowest BCUT2D eigenvalue weighted by Gasteiger charge is -2.22. The molecular formula is C96H66F6N4O18. The molecule has 0 unspecified atom stereocenters. The lowest BCUT2D eigenvalue weighted by atomic mass is 9.84. The van der Waals surface area contributed by atoms with Crippen LogP contribution in [-0.2, 0) is 0 Å². The number of methoxy groups -OCH3 is 1. The summed E-state index contributed by atoms with van der Waals surface area (Å²) in [6.07, 6.45) is -8.82. The molecule has 124 heavy (non-hydrogen) atoms. The molecule has 4 aliphatic carbocycles. The van der Waals surface area contributed by atoms with Gasteiger partial charge in [-0.05, 0) is 126 Å². The average molecular weight is 1680 g/mol. The van der Waals surface area contributed by atoms with Crippen molar-refractivity contribution in [2.45, 2.75) is 46.0 Å². The lowest BCUT2D eigenvalue weighted by molar-refractivity contribution is -0.159. The number of carbonyl (C=O) groups excluding carboxylic acids is 12. The van der Waals surface area contributed by atoms with Gasteiger partial charge >= 0.3 is 18.3 Å². The molecule has 2 aromatic heterocycles. The Kier molecular flexibility index (Phi) is 24.9. The first-order valence-electron chi connectivity index (χ1n) is 37.6. The van der Waals surface area contributed by atoms with Gasteiger partial charge < -0.3 is 49.0 Å². The van der Waals surface area contributed by atoms with E-state index < -0.39 is 82.4 Å². The molecule has 0 saturated carbocycles. The highest BCUT2D eigenvalue weighted by Gasteiger charge is 2.40. The number of rotatable bonds is 19. The zero-order valence-electron chi connectivity index (χ0n) is 65.8. The van der Waals surface area contributed by atoms with Gasteiger partial charge in [-0.3, -0.25) is 57.5 Å². The molecule has 4 aliphatic rings. The molecule has 2 heterocycles. The predicted octanol–water partition coefficient (Wildman–Crippen LogP) is 18.1. The summed E-state index contributed by atoms with van der Waals surface area (Å²) in [7, 11) is 1.52. The van der Waals surface area contributed by atoms with E-state index in [-0.39, 0.29) is 135 Å². The molecule has 12 aromatic rings. The summed E-state index contributed by atoms with van der Waals surface area (Å²) in [5.41, 5.74) is 3.00. The summed E-state index contributed by atoms with van der Waals surface area (Å²) >= 11 is 0. The number of amides is 4. The van der Waals surface area contributed by atoms with E-state index >= 15 is 0 Å². The Bertz CT molecular complexity index is 6430. The highest BCUT2D eigenvalue weighted by atomic mass is 19.3. The van der Waals surface area contributed by atoms with Crippen molar-refractivity contribution in [1.29, 1.82) is 0 Å². The third-order valence-corrected chi connectivity index (χ3v) is 18.9. The standard InChI is InChI=1S/C25H17F2NO4.C24H17F2NO5.C24H17NO4.C23H15F2NO5/c1-25(26,27)32-17-13-11-15(12-14-17)20-21(28-24(31)16-7-3-2-4-8-16)23(30)19-10-6-5-9-18(19)22(20)29;1-13-7-12-18(31-13)23(30)27-20-19(14-8-10-15(11-9-14)32-24(2,25)26)21(28)16-5-3-4-6-17(16)22(20)29;1-29-17-11-7-10-16(14-17)20-21(25-24(28)15-8-3-2-4-9-15)23(27)19-13-6-5-12-18(19)22(20)26;1-23(24,25)31-14-10-8-13(9-11-14)18-19(26-22(29)17-7-4-12-30-17)21(28)16-6-3-2-5-15(16)20(18)27/h2-14H,1H3,(H,28,31);3-12H,1-2H3,(H,27,30);2-14H,1H3,(H,25,28);2-12H,1H3,(H,26,29). The number of benzene rings is 10. The Morgan fingerprint density at radius 2 is 0.581 bits per heavy atom. The summed E-state index contributed by atoms with van der Waals surface area (Å²) in [5.74, 6) is -5.54. The first kappa shape index (κ1) is 85.6. The van der Waals surface area contributed by atoms with Crippen LogP contribution in [0.2, 0.25) is 0 Å². The van der Waals surface area contributed by atoms with Crippen LogP contribution in [0.25, 0.3) is 22.3 Å². The molecule has 10 aromatic carbocycles. The molecule has 0 aliphatic heterocycles. The molecular weight excluding hydrogens is 1610 g/mol. The van der Waals surface area contributed by atoms with Crippen LogP contribution in [0.5, 0.6) is 23.0 Å². The summed E-state index contributed by atoms with van der Waals surface area (Å²) in [4.78, 5) is 157. The summed E-state index contributed by atoms with van der Waals surface area (Å²) in [6, 6.07) is 70.9. The van der Waals surface area contributed by atoms with E-state index in [4.69, 9.17) is 13.6 Å². The molecule has 620 valence electrons. The number of furan rings is 2. The number of fused-ring (bicyclic) bond motifs is 4. The molecule has 22 nitrogen and oxygen atoms in total. The number of aryl methyl sites for hydroxylation is 1. The van der Waals surface area contributed by atoms with Gasteiger partial charge in [-0.2, -0.15) is 26.3 Å². The number of halogens is 6. The Morgan fingerprint density at radius 3 is 0.863 bits per heavy atom. The van der Waals surface area contributed by atoms with E-state index in [1.54, 1.807) is 159 Å². The van der Waals surface area contributed by atoms with Crippen LogP contribution in [-0.4, -0.2) is 95.3 Å². The number of carbonyl (C=O) groups is 12. The van der Waals surface area contributed by atoms with E-state index in [1.165, 1.54) is 141 Å². The second-order valence-corrected chi connectivity index (χ2v) is 27.8. The number of hydrogen-bond acceptors (Lipinski definition) is 18. The van der Waals surface area contributed by atoms with Crippen molar-refractivity contribution >= 4 is 92.2 Å². The van der Waals surface area contributed by atoms with E-state index in [0.29, 0.717) is 54.5 Å². The fourth-order valence-electron chi connectivity index (χ4n) is 13.4. The number of ether oxygens (including phenoxy) is 4. The molecule has 0 spiro atoms. The van der Waals surface area contributed by atoms with Crippen LogP contribution in [0, 0.1) is 6.92 Å². The van der Waals surface area contributed by atoms with Gasteiger partial charge in [0.05, 0.1) is 35.7 Å². The minimum Gasteiger partial charge on any atom is -0.497 e. The second kappa shape index (κ2) is 36.1. The van der Waals surface area contributed by atoms with Gasteiger partial charge in [-0.1, -0.05) is 182 Å². The van der Waals surface area contributed by atoms with Crippen molar-refractivity contribution in [3.63, 3.8) is 0 Å². The SMILES string of the molecule is CC(F)(F)Oc1ccc(C2=C(NC(=O)c3ccccc3)C(=O)c3ccccc3C2=O)cc1.CC(F)(F)Oc1ccc(C2=C(NC(=O)c3ccco3)C(=O)c3ccccc3C2=O)cc1.COc1cccc(C2=C(NC(=O)c3ccccc3)C(=O)c3ccccc3C2=O)c1.Cc1ccc(C(=O)NC2=C(c3ccc(OC(C)(F)F)cc3)C(=O)c3ccccc3C2=O)o1. The molecule has 16 rings (SSSR count). The number of alkyl halides is 6. The number of nitrogens with one attached hydrogen (secondary N) is 4. The molecule has 4 amide bonds. The van der Waals surface area contributed by atoms with Crippen molar-refractivity contribution in [1.82, 2.24) is 21.3 Å². The maximum Gasteiger partial charge on any atom is 0.394 e. The van der Waals surface area contributed by atoms with Gasteiger partial charge in [0.15, 0.2) is 34.7 Å². The second-order valence-electron chi connectivity index (χ2n) is 27.8. The Hall–Kier alpha value is -16.3. The van der Waals surface area contributed by atoms with E-state index in [9.17, 15) is 83.9 Å². The third kappa shape index (κ3) is 19.4. The van der Waals surface area contributed by atoms with Crippen LogP contribution in [0.15, 0.2) is 317 Å². The molecule has 0 radical (unpaired) electrons. The molecule has 4 N–H and O–H groups in total.